The summed E-state index contributed by atoms with van der Waals surface area (Å²) in [4.78, 5) is 0. The predicted octanol–water partition coefficient (Wildman–Crippen LogP) is 0.719. The molecule has 0 aromatic rings. The molecule has 0 bridgehead atoms. The highest BCUT2D eigenvalue weighted by Gasteiger charge is 2.45. The van der Waals surface area contributed by atoms with Gasteiger partial charge in [-0.3, -0.25) is 4.21 Å². The summed E-state index contributed by atoms with van der Waals surface area (Å²) in [6, 6.07) is 0.559. The fourth-order valence-corrected chi connectivity index (χ4v) is 3.87. The molecule has 0 N–H and O–H groups in total. The Labute approximate surface area is 88.5 Å². The normalized spacial score (nSPS) is 47.1. The van der Waals surface area contributed by atoms with Gasteiger partial charge in [0.25, 0.3) is 0 Å². The summed E-state index contributed by atoms with van der Waals surface area (Å²) < 4.78 is 18.3. The zero-order valence-electron chi connectivity index (χ0n) is 9.23. The Hall–Kier alpha value is 0.0700. The van der Waals surface area contributed by atoms with Crippen LogP contribution in [0.5, 0.6) is 0 Å². The van der Waals surface area contributed by atoms with Crippen molar-refractivity contribution in [3.8, 4) is 0 Å². The van der Waals surface area contributed by atoms with Crippen molar-refractivity contribution in [1.82, 2.24) is 0 Å². The second-order valence-electron chi connectivity index (χ2n) is 5.00. The second kappa shape index (κ2) is 3.58. The first-order valence-corrected chi connectivity index (χ1v) is 6.74. The van der Waals surface area contributed by atoms with Crippen molar-refractivity contribution >= 4 is 10.8 Å². The minimum Gasteiger partial charge on any atom is -0.355 e. The highest BCUT2D eigenvalue weighted by molar-refractivity contribution is 7.85. The van der Waals surface area contributed by atoms with Crippen LogP contribution >= 0.6 is 0 Å². The molecule has 3 nitrogen and oxygen atoms in total. The summed E-state index contributed by atoms with van der Waals surface area (Å²) in [7, 11) is 3.75. The maximum absolute atomic E-state index is 11.5. The minimum absolute atomic E-state index is 0.0550. The average Bonchev–Trinajstić information content (AvgIpc) is 2.56. The molecular weight excluding hydrogens is 198 g/mol. The molecule has 4 heteroatoms. The highest BCUT2D eigenvalue weighted by atomic mass is 32.2. The molecule has 2 heterocycles. The molecular formula is C10H20NO2S+. The Morgan fingerprint density at radius 1 is 1.43 bits per heavy atom. The van der Waals surface area contributed by atoms with E-state index >= 15 is 0 Å². The standard InChI is InChI=1S/C10H20NO2S/c1-8-13-10(7-14(8)12)9-5-4-6-11(9,2)3/h8-10H,4-7H2,1-3H3/q+1/t8-,9+,10+,14+/m1/s1. The van der Waals surface area contributed by atoms with E-state index in [1.54, 1.807) is 0 Å². The SMILES string of the molecule is C[C@@H]1O[C@H]([C@@H]2CCC[N+]2(C)C)C[S@@]1=O. The Morgan fingerprint density at radius 2 is 2.14 bits per heavy atom. The van der Waals surface area contributed by atoms with Crippen molar-refractivity contribution in [2.75, 3.05) is 26.4 Å². The molecule has 2 fully saturated rings. The fraction of sp³-hybridized carbons (Fsp3) is 1.00. The molecule has 0 aromatic heterocycles. The van der Waals surface area contributed by atoms with Gasteiger partial charge in [-0.15, -0.1) is 0 Å². The quantitative estimate of drug-likeness (QED) is 0.606. The summed E-state index contributed by atoms with van der Waals surface area (Å²) in [5, 5.41) is 0. The number of nitrogens with zero attached hydrogens (tertiary/aromatic N) is 1. The molecule has 2 saturated heterocycles. The number of hydrogen-bond donors (Lipinski definition) is 0. The molecule has 2 aliphatic rings. The first kappa shape index (κ1) is 10.6. The van der Waals surface area contributed by atoms with Crippen molar-refractivity contribution in [1.29, 1.82) is 0 Å². The topological polar surface area (TPSA) is 26.3 Å². The van der Waals surface area contributed by atoms with Crippen LogP contribution in [0.1, 0.15) is 19.8 Å². The lowest BCUT2D eigenvalue weighted by Gasteiger charge is -2.34. The van der Waals surface area contributed by atoms with E-state index in [0.717, 1.165) is 10.2 Å². The molecule has 0 saturated carbocycles. The zero-order valence-corrected chi connectivity index (χ0v) is 10.0. The van der Waals surface area contributed by atoms with Crippen LogP contribution in [0, 0.1) is 0 Å². The molecule has 0 radical (unpaired) electrons. The Kier molecular flexibility index (Phi) is 2.70. The van der Waals surface area contributed by atoms with Crippen LogP contribution < -0.4 is 0 Å². The molecule has 4 atom stereocenters. The molecule has 0 amide bonds. The van der Waals surface area contributed by atoms with Gasteiger partial charge in [-0.05, 0) is 6.92 Å². The number of likely N-dealkylation sites (N-methyl/N-ethyl adjacent to an activating group) is 1. The van der Waals surface area contributed by atoms with Gasteiger partial charge in [0, 0.05) is 12.8 Å². The van der Waals surface area contributed by atoms with Crippen molar-refractivity contribution in [2.24, 2.45) is 0 Å². The summed E-state index contributed by atoms with van der Waals surface area (Å²) >= 11 is 0. The van der Waals surface area contributed by atoms with E-state index in [1.165, 1.54) is 19.4 Å². The molecule has 82 valence electrons. The van der Waals surface area contributed by atoms with Crippen LogP contribution in [0.4, 0.5) is 0 Å². The Bertz CT molecular complexity index is 255. The van der Waals surface area contributed by atoms with Gasteiger partial charge in [-0.2, -0.15) is 0 Å². The van der Waals surface area contributed by atoms with Crippen LogP contribution in [0.3, 0.4) is 0 Å². The molecule has 0 aliphatic carbocycles. The maximum atomic E-state index is 11.5. The molecule has 2 rings (SSSR count). The lowest BCUT2D eigenvalue weighted by atomic mass is 10.1. The monoisotopic (exact) mass is 218 g/mol. The van der Waals surface area contributed by atoms with Gasteiger partial charge in [0.2, 0.25) is 0 Å². The molecule has 14 heavy (non-hydrogen) atoms. The maximum Gasteiger partial charge on any atom is 0.130 e. The molecule has 2 aliphatic heterocycles. The lowest BCUT2D eigenvalue weighted by Crippen LogP contribution is -2.50. The Balaban J connectivity index is 2.06. The van der Waals surface area contributed by atoms with Crippen molar-refractivity contribution in [3.05, 3.63) is 0 Å². The fourth-order valence-electron chi connectivity index (χ4n) is 2.71. The largest absolute Gasteiger partial charge is 0.355 e. The number of quaternary nitrogens is 1. The van der Waals surface area contributed by atoms with Gasteiger partial charge in [-0.25, -0.2) is 0 Å². The lowest BCUT2D eigenvalue weighted by molar-refractivity contribution is -0.905. The minimum atomic E-state index is -0.759. The third kappa shape index (κ3) is 1.75. The van der Waals surface area contributed by atoms with Crippen LogP contribution in [-0.2, 0) is 15.5 Å². The van der Waals surface area contributed by atoms with E-state index in [1.807, 2.05) is 6.92 Å². The van der Waals surface area contributed by atoms with E-state index in [-0.39, 0.29) is 11.5 Å². The van der Waals surface area contributed by atoms with E-state index in [2.05, 4.69) is 14.1 Å². The average molecular weight is 218 g/mol. The van der Waals surface area contributed by atoms with Gasteiger partial charge in [-0.1, -0.05) is 0 Å². The van der Waals surface area contributed by atoms with Crippen LogP contribution in [-0.4, -0.2) is 52.7 Å². The van der Waals surface area contributed by atoms with E-state index in [0.29, 0.717) is 6.04 Å². The number of likely N-dealkylation sites (tertiary alicyclic amines) is 1. The molecule has 0 unspecified atom stereocenters. The van der Waals surface area contributed by atoms with Crippen molar-refractivity contribution < 1.29 is 13.4 Å². The third-order valence-corrected chi connectivity index (χ3v) is 5.14. The number of hydrogen-bond acceptors (Lipinski definition) is 2. The van der Waals surface area contributed by atoms with Crippen molar-refractivity contribution in [2.45, 2.75) is 37.3 Å². The van der Waals surface area contributed by atoms with Crippen LogP contribution in [0.25, 0.3) is 0 Å². The number of ether oxygens (including phenoxy) is 1. The van der Waals surface area contributed by atoms with Gasteiger partial charge in [0.15, 0.2) is 0 Å². The second-order valence-corrected chi connectivity index (χ2v) is 6.76. The first-order valence-electron chi connectivity index (χ1n) is 5.36. The summed E-state index contributed by atoms with van der Waals surface area (Å²) in [6.07, 6.45) is 2.73. The van der Waals surface area contributed by atoms with Crippen LogP contribution in [0.15, 0.2) is 0 Å². The van der Waals surface area contributed by atoms with Crippen LogP contribution in [0.2, 0.25) is 0 Å². The summed E-state index contributed by atoms with van der Waals surface area (Å²) in [5.74, 6) is 0.744. The Morgan fingerprint density at radius 3 is 2.57 bits per heavy atom. The van der Waals surface area contributed by atoms with E-state index < -0.39 is 10.8 Å². The molecule has 0 aromatic carbocycles. The first-order chi connectivity index (χ1) is 6.50. The predicted molar refractivity (Wildman–Crippen MR) is 57.3 cm³/mol. The summed E-state index contributed by atoms with van der Waals surface area (Å²) in [5.41, 5.74) is -0.0550. The zero-order chi connectivity index (χ0) is 10.3. The van der Waals surface area contributed by atoms with Gasteiger partial charge in [0.1, 0.15) is 17.6 Å². The molecule has 0 spiro atoms. The van der Waals surface area contributed by atoms with E-state index in [9.17, 15) is 4.21 Å². The van der Waals surface area contributed by atoms with Gasteiger partial charge < -0.3 is 9.22 Å². The van der Waals surface area contributed by atoms with Gasteiger partial charge in [0.05, 0.1) is 37.2 Å². The van der Waals surface area contributed by atoms with Gasteiger partial charge >= 0.3 is 0 Å². The highest BCUT2D eigenvalue weighted by Crippen LogP contribution is 2.30. The van der Waals surface area contributed by atoms with Crippen molar-refractivity contribution in [3.63, 3.8) is 0 Å². The third-order valence-electron chi connectivity index (χ3n) is 3.63. The number of rotatable bonds is 1. The smallest absolute Gasteiger partial charge is 0.130 e. The van der Waals surface area contributed by atoms with E-state index in [4.69, 9.17) is 4.74 Å². The summed E-state index contributed by atoms with van der Waals surface area (Å²) in [6.45, 7) is 3.15.